The first-order chi connectivity index (χ1) is 12.1. The van der Waals surface area contributed by atoms with E-state index in [9.17, 15) is 9.59 Å². The van der Waals surface area contributed by atoms with Gasteiger partial charge in [-0.3, -0.25) is 14.5 Å². The molecule has 0 aromatic heterocycles. The fourth-order valence-electron chi connectivity index (χ4n) is 2.95. The molecule has 1 saturated heterocycles. The highest BCUT2D eigenvalue weighted by Crippen LogP contribution is 2.30. The second kappa shape index (κ2) is 8.45. The number of benzene rings is 1. The maximum Gasteiger partial charge on any atom is 0.266 e. The fourth-order valence-corrected chi connectivity index (χ4v) is 4.15. The number of rotatable bonds is 5. The molecule has 2 amide bonds. The van der Waals surface area contributed by atoms with E-state index in [0.29, 0.717) is 9.23 Å². The fraction of sp³-hybridized carbons (Fsp3) is 0.316. The van der Waals surface area contributed by atoms with Crippen LogP contribution in [0.1, 0.15) is 31.2 Å². The topological polar surface area (TPSA) is 49.4 Å². The van der Waals surface area contributed by atoms with Crippen molar-refractivity contribution in [3.8, 4) is 0 Å². The first kappa shape index (κ1) is 17.9. The minimum atomic E-state index is -0.200. The van der Waals surface area contributed by atoms with Crippen LogP contribution in [0.3, 0.4) is 0 Å². The molecule has 3 rings (SSSR count). The predicted molar refractivity (Wildman–Crippen MR) is 106 cm³/mol. The van der Waals surface area contributed by atoms with Gasteiger partial charge in [0.1, 0.15) is 10.9 Å². The zero-order chi connectivity index (χ0) is 17.6. The number of hydrogen-bond donors (Lipinski definition) is 1. The van der Waals surface area contributed by atoms with E-state index in [1.54, 1.807) is 6.08 Å². The van der Waals surface area contributed by atoms with Crippen LogP contribution in [-0.4, -0.2) is 33.6 Å². The van der Waals surface area contributed by atoms with Crippen molar-refractivity contribution in [2.24, 2.45) is 0 Å². The highest BCUT2D eigenvalue weighted by Gasteiger charge is 2.33. The molecule has 1 aliphatic heterocycles. The van der Waals surface area contributed by atoms with Crippen LogP contribution in [0.4, 0.5) is 0 Å². The SMILES string of the molecule is O=C(CN1C(=O)C(=CC=Cc2ccccc2)SC1=S)NC1CCCC1. The number of nitrogens with one attached hydrogen (secondary N) is 1. The summed E-state index contributed by atoms with van der Waals surface area (Å²) in [5.74, 6) is -0.335. The quantitative estimate of drug-likeness (QED) is 0.635. The number of thioether (sulfide) groups is 1. The molecule has 0 atom stereocenters. The number of carbonyl (C=O) groups excluding carboxylic acids is 2. The molecule has 4 nitrogen and oxygen atoms in total. The molecule has 2 fully saturated rings. The Balaban J connectivity index is 1.58. The van der Waals surface area contributed by atoms with Gasteiger partial charge >= 0.3 is 0 Å². The van der Waals surface area contributed by atoms with E-state index in [-0.39, 0.29) is 24.4 Å². The summed E-state index contributed by atoms with van der Waals surface area (Å²) < 4.78 is 0.436. The summed E-state index contributed by atoms with van der Waals surface area (Å²) in [7, 11) is 0. The molecule has 1 aliphatic carbocycles. The molecule has 0 unspecified atom stereocenters. The summed E-state index contributed by atoms with van der Waals surface area (Å²) in [6.07, 6.45) is 9.87. The Bertz CT molecular complexity index is 722. The highest BCUT2D eigenvalue weighted by molar-refractivity contribution is 8.26. The van der Waals surface area contributed by atoms with Crippen molar-refractivity contribution in [3.63, 3.8) is 0 Å². The molecule has 0 radical (unpaired) electrons. The molecule has 130 valence electrons. The Kier molecular flexibility index (Phi) is 6.04. The normalized spacial score (nSPS) is 20.2. The first-order valence-electron chi connectivity index (χ1n) is 8.40. The molecular formula is C19H20N2O2S2. The third-order valence-corrected chi connectivity index (χ3v) is 5.63. The lowest BCUT2D eigenvalue weighted by atomic mass is 10.2. The number of hydrogen-bond acceptors (Lipinski definition) is 4. The average molecular weight is 373 g/mol. The Morgan fingerprint density at radius 2 is 2.00 bits per heavy atom. The van der Waals surface area contributed by atoms with E-state index in [0.717, 1.165) is 31.2 Å². The molecule has 1 heterocycles. The third-order valence-electron chi connectivity index (χ3n) is 4.23. The van der Waals surface area contributed by atoms with Crippen LogP contribution < -0.4 is 5.32 Å². The van der Waals surface area contributed by atoms with Crippen LogP contribution in [0.2, 0.25) is 0 Å². The van der Waals surface area contributed by atoms with E-state index in [1.165, 1.54) is 16.7 Å². The zero-order valence-electron chi connectivity index (χ0n) is 13.8. The van der Waals surface area contributed by atoms with E-state index in [2.05, 4.69) is 5.32 Å². The number of thiocarbonyl (C=S) groups is 1. The van der Waals surface area contributed by atoms with Crippen LogP contribution >= 0.6 is 24.0 Å². The van der Waals surface area contributed by atoms with E-state index in [4.69, 9.17) is 12.2 Å². The molecular weight excluding hydrogens is 352 g/mol. The molecule has 6 heteroatoms. The second-order valence-electron chi connectivity index (χ2n) is 6.11. The van der Waals surface area contributed by atoms with Gasteiger partial charge in [-0.25, -0.2) is 0 Å². The van der Waals surface area contributed by atoms with Gasteiger partial charge in [0, 0.05) is 6.04 Å². The maximum absolute atomic E-state index is 12.5. The third kappa shape index (κ3) is 4.80. The minimum Gasteiger partial charge on any atom is -0.352 e. The van der Waals surface area contributed by atoms with Gasteiger partial charge in [0.15, 0.2) is 0 Å². The molecule has 0 spiro atoms. The summed E-state index contributed by atoms with van der Waals surface area (Å²) in [5.41, 5.74) is 1.06. The lowest BCUT2D eigenvalue weighted by molar-refractivity contribution is -0.129. The lowest BCUT2D eigenvalue weighted by Gasteiger charge is -2.17. The number of nitrogens with zero attached hydrogens (tertiary/aromatic N) is 1. The van der Waals surface area contributed by atoms with Crippen molar-refractivity contribution in [3.05, 3.63) is 53.0 Å². The molecule has 1 saturated carbocycles. The van der Waals surface area contributed by atoms with Crippen LogP contribution in [-0.2, 0) is 9.59 Å². The van der Waals surface area contributed by atoms with E-state index >= 15 is 0 Å². The number of amides is 2. The van der Waals surface area contributed by atoms with Gasteiger partial charge < -0.3 is 5.32 Å². The van der Waals surface area contributed by atoms with Gasteiger partial charge in [0.25, 0.3) is 5.91 Å². The number of carbonyl (C=O) groups is 2. The van der Waals surface area contributed by atoms with Gasteiger partial charge in [0.05, 0.1) is 4.91 Å². The van der Waals surface area contributed by atoms with Crippen LogP contribution in [0.25, 0.3) is 6.08 Å². The van der Waals surface area contributed by atoms with Gasteiger partial charge in [-0.1, -0.05) is 79.3 Å². The highest BCUT2D eigenvalue weighted by atomic mass is 32.2. The van der Waals surface area contributed by atoms with Crippen LogP contribution in [0.5, 0.6) is 0 Å². The molecule has 1 aromatic carbocycles. The Morgan fingerprint density at radius 3 is 2.72 bits per heavy atom. The Hall–Kier alpha value is -1.92. The summed E-state index contributed by atoms with van der Waals surface area (Å²) in [5, 5.41) is 2.99. The average Bonchev–Trinajstić information content (AvgIpc) is 3.20. The van der Waals surface area contributed by atoms with E-state index in [1.807, 2.05) is 42.5 Å². The van der Waals surface area contributed by atoms with Crippen molar-refractivity contribution in [1.82, 2.24) is 10.2 Å². The molecule has 2 aliphatic rings. The summed E-state index contributed by atoms with van der Waals surface area (Å²) in [6, 6.07) is 10.1. The summed E-state index contributed by atoms with van der Waals surface area (Å²) in [4.78, 5) is 26.5. The largest absolute Gasteiger partial charge is 0.352 e. The van der Waals surface area contributed by atoms with Crippen molar-refractivity contribution in [1.29, 1.82) is 0 Å². The summed E-state index contributed by atoms with van der Waals surface area (Å²) in [6.45, 7) is 0.000899. The number of allylic oxidation sites excluding steroid dienone is 2. The van der Waals surface area contributed by atoms with Crippen LogP contribution in [0, 0.1) is 0 Å². The minimum absolute atomic E-state index is 0.000899. The monoisotopic (exact) mass is 372 g/mol. The van der Waals surface area contributed by atoms with Crippen molar-refractivity contribution < 1.29 is 9.59 Å². The Morgan fingerprint density at radius 1 is 1.28 bits per heavy atom. The molecule has 1 N–H and O–H groups in total. The predicted octanol–water partition coefficient (Wildman–Crippen LogP) is 3.50. The van der Waals surface area contributed by atoms with Crippen molar-refractivity contribution in [2.75, 3.05) is 6.54 Å². The van der Waals surface area contributed by atoms with Gasteiger partial charge in [-0.15, -0.1) is 0 Å². The van der Waals surface area contributed by atoms with Crippen molar-refractivity contribution >= 4 is 46.2 Å². The van der Waals surface area contributed by atoms with Crippen LogP contribution in [0.15, 0.2) is 47.4 Å². The lowest BCUT2D eigenvalue weighted by Crippen LogP contribution is -2.42. The standard InChI is InChI=1S/C19H20N2O2S2/c22-17(20-15-10-4-5-11-15)13-21-18(23)16(25-19(21)24)12-6-9-14-7-2-1-3-8-14/h1-3,6-9,12,15H,4-5,10-11,13H2,(H,20,22). The second-order valence-corrected chi connectivity index (χ2v) is 7.78. The smallest absolute Gasteiger partial charge is 0.266 e. The maximum atomic E-state index is 12.5. The van der Waals surface area contributed by atoms with Gasteiger partial charge in [-0.2, -0.15) is 0 Å². The Labute approximate surface area is 157 Å². The molecule has 1 aromatic rings. The first-order valence-corrected chi connectivity index (χ1v) is 9.62. The van der Waals surface area contributed by atoms with Gasteiger partial charge in [-0.05, 0) is 24.5 Å². The molecule has 0 bridgehead atoms. The summed E-state index contributed by atoms with van der Waals surface area (Å²) >= 11 is 6.50. The van der Waals surface area contributed by atoms with Crippen molar-refractivity contribution in [2.45, 2.75) is 31.7 Å². The molecule has 25 heavy (non-hydrogen) atoms. The van der Waals surface area contributed by atoms with Gasteiger partial charge in [0.2, 0.25) is 5.91 Å². The zero-order valence-corrected chi connectivity index (χ0v) is 15.4. The van der Waals surface area contributed by atoms with E-state index < -0.39 is 0 Å².